The number of rotatable bonds is 2. The van der Waals surface area contributed by atoms with Gasteiger partial charge in [0.15, 0.2) is 0 Å². The molecular formula is C17H18O10P2. The molecule has 0 radical (unpaired) electrons. The first-order valence-corrected chi connectivity index (χ1v) is 11.6. The molecule has 2 aliphatic heterocycles. The lowest BCUT2D eigenvalue weighted by Crippen LogP contribution is -2.47. The van der Waals surface area contributed by atoms with Crippen molar-refractivity contribution in [1.29, 1.82) is 0 Å². The van der Waals surface area contributed by atoms with Crippen LogP contribution in [-0.4, -0.2) is 46.9 Å². The van der Waals surface area contributed by atoms with Crippen LogP contribution in [0.1, 0.15) is 0 Å². The summed E-state index contributed by atoms with van der Waals surface area (Å²) in [4.78, 5) is 0. The summed E-state index contributed by atoms with van der Waals surface area (Å²) in [6, 6.07) is 7.00. The summed E-state index contributed by atoms with van der Waals surface area (Å²) < 4.78 is 47.6. The normalized spacial score (nSPS) is 32.3. The molecule has 2 aliphatic rings. The van der Waals surface area contributed by atoms with E-state index >= 15 is 0 Å². The predicted octanol–water partition coefficient (Wildman–Crippen LogP) is 1.93. The molecule has 4 rings (SSSR count). The lowest BCUT2D eigenvalue weighted by molar-refractivity contribution is -0.0647. The SMILES string of the molecule is O=P1(c2cc(O)ccc2O)OCC2(CO1)COP(=O)(c1cc(O)ccc1O)OC2. The van der Waals surface area contributed by atoms with Crippen LogP contribution in [0.25, 0.3) is 0 Å². The van der Waals surface area contributed by atoms with Crippen molar-refractivity contribution in [2.24, 2.45) is 5.41 Å². The topological polar surface area (TPSA) is 152 Å². The second-order valence-corrected chi connectivity index (χ2v) is 10.9. The number of phenols is 4. The lowest BCUT2D eigenvalue weighted by atomic mass is 9.93. The minimum atomic E-state index is -3.89. The molecule has 0 aromatic heterocycles. The van der Waals surface area contributed by atoms with Gasteiger partial charge < -0.3 is 38.5 Å². The summed E-state index contributed by atoms with van der Waals surface area (Å²) in [5.74, 6) is -1.11. The average molecular weight is 444 g/mol. The summed E-state index contributed by atoms with van der Waals surface area (Å²) in [5.41, 5.74) is -0.916. The monoisotopic (exact) mass is 444 g/mol. The Bertz CT molecular complexity index is 941. The Balaban J connectivity index is 1.50. The van der Waals surface area contributed by atoms with Crippen molar-refractivity contribution in [3.05, 3.63) is 36.4 Å². The summed E-state index contributed by atoms with van der Waals surface area (Å²) in [6.45, 7) is -0.590. The standard InChI is InChI=1S/C17H18O10P2/c18-11-1-3-13(20)15(5-11)28(22)24-7-17(8-25-28)9-26-29(23,27-10-17)16-6-12(19)2-4-14(16)21/h1-6,18-21H,7-10H2. The molecule has 29 heavy (non-hydrogen) atoms. The minimum Gasteiger partial charge on any atom is -0.508 e. The van der Waals surface area contributed by atoms with Gasteiger partial charge in [0.25, 0.3) is 0 Å². The second kappa shape index (κ2) is 7.02. The Labute approximate surface area is 165 Å². The van der Waals surface area contributed by atoms with Crippen LogP contribution in [0, 0.1) is 5.41 Å². The zero-order chi connectivity index (χ0) is 20.9. The highest BCUT2D eigenvalue weighted by Crippen LogP contribution is 2.59. The van der Waals surface area contributed by atoms with Crippen LogP contribution >= 0.6 is 15.2 Å². The summed E-state index contributed by atoms with van der Waals surface area (Å²) in [7, 11) is -7.78. The van der Waals surface area contributed by atoms with Gasteiger partial charge in [-0.1, -0.05) is 0 Å². The molecule has 2 saturated heterocycles. The van der Waals surface area contributed by atoms with E-state index in [0.29, 0.717) is 0 Å². The molecule has 2 aromatic carbocycles. The zero-order valence-electron chi connectivity index (χ0n) is 14.9. The molecule has 2 heterocycles. The van der Waals surface area contributed by atoms with E-state index in [1.165, 1.54) is 24.3 Å². The van der Waals surface area contributed by atoms with E-state index in [0.717, 1.165) is 12.1 Å². The van der Waals surface area contributed by atoms with E-state index in [4.69, 9.17) is 18.1 Å². The first-order chi connectivity index (χ1) is 13.6. The Morgan fingerprint density at radius 1 is 0.655 bits per heavy atom. The molecular weight excluding hydrogens is 426 g/mol. The van der Waals surface area contributed by atoms with Crippen LogP contribution in [0.4, 0.5) is 0 Å². The van der Waals surface area contributed by atoms with Gasteiger partial charge in [-0.2, -0.15) is 0 Å². The Kier molecular flexibility index (Phi) is 4.90. The molecule has 1 spiro atoms. The predicted molar refractivity (Wildman–Crippen MR) is 100 cm³/mol. The van der Waals surface area contributed by atoms with Gasteiger partial charge in [-0.25, -0.2) is 0 Å². The van der Waals surface area contributed by atoms with Crippen molar-refractivity contribution < 1.29 is 47.7 Å². The Morgan fingerprint density at radius 3 is 1.34 bits per heavy atom. The van der Waals surface area contributed by atoms with Gasteiger partial charge in [0.1, 0.15) is 33.6 Å². The highest BCUT2D eigenvalue weighted by molar-refractivity contribution is 7.62. The van der Waals surface area contributed by atoms with E-state index in [9.17, 15) is 29.6 Å². The third kappa shape index (κ3) is 3.64. The Morgan fingerprint density at radius 2 is 1.00 bits per heavy atom. The number of aromatic hydroxyl groups is 4. The molecule has 2 fully saturated rings. The fourth-order valence-corrected chi connectivity index (χ4v) is 6.72. The first kappa shape index (κ1) is 20.2. The van der Waals surface area contributed by atoms with Crippen LogP contribution in [0.3, 0.4) is 0 Å². The van der Waals surface area contributed by atoms with Crippen LogP contribution in [0.5, 0.6) is 23.0 Å². The number of hydrogen-bond donors (Lipinski definition) is 4. The molecule has 0 bridgehead atoms. The van der Waals surface area contributed by atoms with Gasteiger partial charge in [0.2, 0.25) is 0 Å². The van der Waals surface area contributed by atoms with Crippen molar-refractivity contribution >= 4 is 25.8 Å². The second-order valence-electron chi connectivity index (χ2n) is 6.93. The van der Waals surface area contributed by atoms with Gasteiger partial charge in [0, 0.05) is 0 Å². The van der Waals surface area contributed by atoms with Gasteiger partial charge in [-0.05, 0) is 36.4 Å². The van der Waals surface area contributed by atoms with E-state index < -0.39 is 20.6 Å². The van der Waals surface area contributed by atoms with Crippen LogP contribution < -0.4 is 10.6 Å². The largest absolute Gasteiger partial charge is 0.508 e. The molecule has 4 N–H and O–H groups in total. The fraction of sp³-hybridized carbons (Fsp3) is 0.294. The minimum absolute atomic E-state index is 0.147. The van der Waals surface area contributed by atoms with Crippen molar-refractivity contribution in [2.75, 3.05) is 26.4 Å². The van der Waals surface area contributed by atoms with Crippen molar-refractivity contribution in [3.8, 4) is 23.0 Å². The van der Waals surface area contributed by atoms with Gasteiger partial charge >= 0.3 is 15.2 Å². The third-order valence-corrected chi connectivity index (χ3v) is 8.44. The molecule has 0 amide bonds. The van der Waals surface area contributed by atoms with E-state index in [1.54, 1.807) is 0 Å². The van der Waals surface area contributed by atoms with Gasteiger partial charge in [0.05, 0.1) is 31.8 Å². The molecule has 156 valence electrons. The third-order valence-electron chi connectivity index (χ3n) is 4.67. The maximum atomic E-state index is 13.0. The molecule has 0 unspecified atom stereocenters. The van der Waals surface area contributed by atoms with Crippen molar-refractivity contribution in [1.82, 2.24) is 0 Å². The molecule has 10 nitrogen and oxygen atoms in total. The fourth-order valence-electron chi connectivity index (χ4n) is 2.95. The molecule has 12 heteroatoms. The molecule has 0 aliphatic carbocycles. The maximum Gasteiger partial charge on any atom is 0.365 e. The van der Waals surface area contributed by atoms with Crippen molar-refractivity contribution in [3.63, 3.8) is 0 Å². The van der Waals surface area contributed by atoms with Crippen LogP contribution in [0.2, 0.25) is 0 Å². The number of phenolic OH excluding ortho intramolecular Hbond substituents is 4. The first-order valence-electron chi connectivity index (χ1n) is 8.48. The summed E-state index contributed by atoms with van der Waals surface area (Å²) in [5, 5.41) is 38.7. The van der Waals surface area contributed by atoms with Gasteiger partial charge in [-0.15, -0.1) is 0 Å². The summed E-state index contributed by atoms with van der Waals surface area (Å²) >= 11 is 0. The highest BCUT2D eigenvalue weighted by Gasteiger charge is 2.50. The smallest absolute Gasteiger partial charge is 0.365 e. The van der Waals surface area contributed by atoms with E-state index in [2.05, 4.69) is 0 Å². The molecule has 0 atom stereocenters. The Hall–Kier alpha value is -2.06. The average Bonchev–Trinajstić information content (AvgIpc) is 2.70. The van der Waals surface area contributed by atoms with Crippen molar-refractivity contribution in [2.45, 2.75) is 0 Å². The highest BCUT2D eigenvalue weighted by atomic mass is 31.2. The van der Waals surface area contributed by atoms with E-state index in [1.807, 2.05) is 0 Å². The van der Waals surface area contributed by atoms with Crippen LogP contribution in [-0.2, 0) is 27.2 Å². The quantitative estimate of drug-likeness (QED) is 0.399. The number of hydrogen-bond acceptors (Lipinski definition) is 10. The molecule has 0 saturated carbocycles. The lowest BCUT2D eigenvalue weighted by Gasteiger charge is -2.42. The van der Waals surface area contributed by atoms with Gasteiger partial charge in [-0.3, -0.25) is 9.13 Å². The molecule has 2 aromatic rings. The number of benzene rings is 2. The summed E-state index contributed by atoms with van der Waals surface area (Å²) in [6.07, 6.45) is 0. The zero-order valence-corrected chi connectivity index (χ0v) is 16.7. The van der Waals surface area contributed by atoms with Crippen LogP contribution in [0.15, 0.2) is 36.4 Å². The maximum absolute atomic E-state index is 13.0. The van der Waals surface area contributed by atoms with E-state index in [-0.39, 0.29) is 60.0 Å².